The molecule has 26 heavy (non-hydrogen) atoms. The van der Waals surface area contributed by atoms with E-state index in [1.54, 1.807) is 4.90 Å². The number of rotatable bonds is 4. The van der Waals surface area contributed by atoms with E-state index < -0.39 is 6.62 Å². The lowest BCUT2D eigenvalue weighted by atomic mass is 10.3. The van der Waals surface area contributed by atoms with Gasteiger partial charge in [-0.15, -0.1) is 0 Å². The summed E-state index contributed by atoms with van der Waals surface area (Å²) < 4.78 is 0. The zero-order valence-electron chi connectivity index (χ0n) is 14.9. The fourth-order valence-electron chi connectivity index (χ4n) is 2.70. The second-order valence-corrected chi connectivity index (χ2v) is 10.4. The van der Waals surface area contributed by atoms with E-state index in [2.05, 4.69) is 35.3 Å². The molecule has 0 aromatic heterocycles. The highest BCUT2D eigenvalue weighted by molar-refractivity contribution is 8.14. The van der Waals surface area contributed by atoms with Crippen LogP contribution in [0.1, 0.15) is 0 Å². The Balaban J connectivity index is 2.17. The predicted molar refractivity (Wildman–Crippen MR) is 116 cm³/mol. The number of nitrogens with zero attached hydrogens (tertiary/aromatic N) is 2. The molecule has 0 aliphatic carbocycles. The van der Waals surface area contributed by atoms with Crippen LogP contribution in [0.4, 0.5) is 5.69 Å². The Morgan fingerprint density at radius 2 is 1.31 bits per heavy atom. The number of halogens is 1. The Labute approximate surface area is 160 Å². The predicted octanol–water partition coefficient (Wildman–Crippen LogP) is 3.64. The van der Waals surface area contributed by atoms with E-state index in [4.69, 9.17) is 17.0 Å². The topological polar surface area (TPSA) is 41.6 Å². The van der Waals surface area contributed by atoms with E-state index in [0.29, 0.717) is 5.96 Å². The van der Waals surface area contributed by atoms with Crippen LogP contribution in [0.5, 0.6) is 0 Å². The summed E-state index contributed by atoms with van der Waals surface area (Å²) >= 11 is 7.41. The molecular formula is C21H22ClN3P+. The summed E-state index contributed by atoms with van der Waals surface area (Å²) in [4.78, 5) is 6.28. The van der Waals surface area contributed by atoms with Crippen molar-refractivity contribution in [2.75, 3.05) is 14.1 Å². The van der Waals surface area contributed by atoms with Crippen molar-refractivity contribution in [2.24, 2.45) is 10.7 Å². The molecule has 0 saturated heterocycles. The molecule has 0 bridgehead atoms. The zero-order valence-corrected chi connectivity index (χ0v) is 16.5. The summed E-state index contributed by atoms with van der Waals surface area (Å²) in [5.41, 5.74) is 6.78. The van der Waals surface area contributed by atoms with Crippen molar-refractivity contribution in [3.05, 3.63) is 84.9 Å². The van der Waals surface area contributed by atoms with E-state index in [1.165, 1.54) is 0 Å². The van der Waals surface area contributed by atoms with Gasteiger partial charge in [0.15, 0.2) is 5.96 Å². The lowest BCUT2D eigenvalue weighted by Gasteiger charge is -2.19. The van der Waals surface area contributed by atoms with Crippen LogP contribution in [0.15, 0.2) is 89.9 Å². The Morgan fingerprint density at radius 1 is 0.808 bits per heavy atom. The van der Waals surface area contributed by atoms with Gasteiger partial charge in [0.1, 0.15) is 27.2 Å². The third-order valence-electron chi connectivity index (χ3n) is 4.11. The second-order valence-electron chi connectivity index (χ2n) is 6.14. The number of nitrogens with two attached hydrogens (primary N) is 1. The number of benzene rings is 3. The fraction of sp³-hybridized carbons (Fsp3) is 0.0952. The molecular weight excluding hydrogens is 361 g/mol. The van der Waals surface area contributed by atoms with Gasteiger partial charge in [-0.3, -0.25) is 0 Å². The normalized spacial score (nSPS) is 12.0. The Bertz CT molecular complexity index is 856. The van der Waals surface area contributed by atoms with Gasteiger partial charge < -0.3 is 10.6 Å². The Morgan fingerprint density at radius 3 is 1.81 bits per heavy atom. The van der Waals surface area contributed by atoms with E-state index in [0.717, 1.165) is 21.6 Å². The molecule has 132 valence electrons. The zero-order chi connectivity index (χ0) is 18.6. The van der Waals surface area contributed by atoms with E-state index in [-0.39, 0.29) is 0 Å². The van der Waals surface area contributed by atoms with Crippen molar-refractivity contribution in [1.82, 2.24) is 4.90 Å². The lowest BCUT2D eigenvalue weighted by molar-refractivity contribution is 0.615. The summed E-state index contributed by atoms with van der Waals surface area (Å²) in [6.45, 7) is -2.27. The van der Waals surface area contributed by atoms with Gasteiger partial charge in [-0.05, 0) is 36.4 Å². The van der Waals surface area contributed by atoms with Gasteiger partial charge in [0.05, 0.1) is 5.69 Å². The van der Waals surface area contributed by atoms with Crippen LogP contribution in [0.3, 0.4) is 0 Å². The van der Waals surface area contributed by atoms with E-state index >= 15 is 0 Å². The molecule has 0 fully saturated rings. The standard InChI is InChI=1S/C21H22ClN3P/c1-25(2)21(23)24-17-10-9-15-20(16-17)26(22,18-11-5-3-6-12-18)19-13-7-4-8-14-19/h3-16H,1-2H3,(H2,23,24)/q+1. The molecule has 0 heterocycles. The largest absolute Gasteiger partial charge is 0.370 e. The molecule has 3 rings (SSSR count). The van der Waals surface area contributed by atoms with Crippen LogP contribution in [0.25, 0.3) is 0 Å². The molecule has 0 saturated carbocycles. The number of aliphatic imine (C=N–C) groups is 1. The van der Waals surface area contributed by atoms with Crippen molar-refractivity contribution in [2.45, 2.75) is 0 Å². The van der Waals surface area contributed by atoms with Crippen molar-refractivity contribution >= 4 is 45.4 Å². The first-order valence-electron chi connectivity index (χ1n) is 8.34. The molecule has 0 amide bonds. The molecule has 0 aliphatic rings. The molecule has 0 aliphatic heterocycles. The third-order valence-corrected chi connectivity index (χ3v) is 8.88. The number of hydrogen-bond acceptors (Lipinski definition) is 1. The Kier molecular flexibility index (Phi) is 5.61. The molecule has 3 aromatic carbocycles. The second kappa shape index (κ2) is 7.90. The van der Waals surface area contributed by atoms with Gasteiger partial charge in [0, 0.05) is 20.2 Å². The highest BCUT2D eigenvalue weighted by atomic mass is 35.7. The fourth-order valence-corrected chi connectivity index (χ4v) is 6.35. The summed E-state index contributed by atoms with van der Waals surface area (Å²) in [6.07, 6.45) is 0. The van der Waals surface area contributed by atoms with Crippen molar-refractivity contribution in [3.63, 3.8) is 0 Å². The number of guanidine groups is 1. The molecule has 3 aromatic rings. The summed E-state index contributed by atoms with van der Waals surface area (Å²) in [5, 5.41) is 3.30. The molecule has 2 N–H and O–H groups in total. The van der Waals surface area contributed by atoms with Gasteiger partial charge in [-0.25, -0.2) is 4.99 Å². The maximum absolute atomic E-state index is 7.41. The van der Waals surface area contributed by atoms with Crippen LogP contribution in [0.2, 0.25) is 0 Å². The number of hydrogen-bond donors (Lipinski definition) is 1. The quantitative estimate of drug-likeness (QED) is 0.425. The van der Waals surface area contributed by atoms with Crippen LogP contribution in [-0.2, 0) is 0 Å². The van der Waals surface area contributed by atoms with Crippen LogP contribution in [-0.4, -0.2) is 25.0 Å². The van der Waals surface area contributed by atoms with Gasteiger partial charge in [-0.1, -0.05) is 42.5 Å². The van der Waals surface area contributed by atoms with Crippen LogP contribution < -0.4 is 21.6 Å². The minimum absolute atomic E-state index is 0.458. The first-order chi connectivity index (χ1) is 12.5. The molecule has 0 radical (unpaired) electrons. The SMILES string of the molecule is CN(C)C(N)=Nc1cccc([P+](Cl)(c2ccccc2)c2ccccc2)c1. The maximum atomic E-state index is 7.41. The monoisotopic (exact) mass is 382 g/mol. The van der Waals surface area contributed by atoms with Crippen LogP contribution >= 0.6 is 17.9 Å². The summed E-state index contributed by atoms with van der Waals surface area (Å²) in [6, 6.07) is 28.6. The summed E-state index contributed by atoms with van der Waals surface area (Å²) in [5.74, 6) is 0.458. The molecule has 0 spiro atoms. The summed E-state index contributed by atoms with van der Waals surface area (Å²) in [7, 11) is 3.74. The highest BCUT2D eigenvalue weighted by Crippen LogP contribution is 2.60. The first-order valence-corrected chi connectivity index (χ1v) is 11.0. The highest BCUT2D eigenvalue weighted by Gasteiger charge is 2.44. The van der Waals surface area contributed by atoms with Crippen molar-refractivity contribution in [3.8, 4) is 0 Å². The lowest BCUT2D eigenvalue weighted by Crippen LogP contribution is -2.30. The minimum atomic E-state index is -2.27. The minimum Gasteiger partial charge on any atom is -0.370 e. The Hall–Kier alpha value is -2.35. The van der Waals surface area contributed by atoms with Crippen molar-refractivity contribution in [1.29, 1.82) is 0 Å². The molecule has 3 nitrogen and oxygen atoms in total. The first kappa shape index (κ1) is 18.4. The molecule has 0 atom stereocenters. The van der Waals surface area contributed by atoms with E-state index in [1.807, 2.05) is 68.7 Å². The van der Waals surface area contributed by atoms with Gasteiger partial charge in [0.2, 0.25) is 6.62 Å². The van der Waals surface area contributed by atoms with Crippen molar-refractivity contribution < 1.29 is 0 Å². The molecule has 5 heteroatoms. The van der Waals surface area contributed by atoms with Crippen LogP contribution in [0, 0.1) is 0 Å². The maximum Gasteiger partial charge on any atom is 0.210 e. The third kappa shape index (κ3) is 3.75. The average Bonchev–Trinajstić information content (AvgIpc) is 2.69. The van der Waals surface area contributed by atoms with Gasteiger partial charge >= 0.3 is 0 Å². The average molecular weight is 383 g/mol. The smallest absolute Gasteiger partial charge is 0.210 e. The van der Waals surface area contributed by atoms with Gasteiger partial charge in [0.25, 0.3) is 0 Å². The molecule has 0 unspecified atom stereocenters. The van der Waals surface area contributed by atoms with Gasteiger partial charge in [-0.2, -0.15) is 0 Å². The van der Waals surface area contributed by atoms with E-state index in [9.17, 15) is 0 Å².